The van der Waals surface area contributed by atoms with Crippen molar-refractivity contribution < 1.29 is 13.2 Å². The largest absolute Gasteiger partial charge is 0.405 e. The maximum atomic E-state index is 12.4. The minimum atomic E-state index is -4.23. The average molecular weight is 261 g/mol. The predicted octanol–water partition coefficient (Wildman–Crippen LogP) is 2.88. The summed E-state index contributed by atoms with van der Waals surface area (Å²) in [6.07, 6.45) is -2.07. The zero-order chi connectivity index (χ0) is 13.8. The molecule has 1 atom stereocenters. The minimum absolute atomic E-state index is 0.172. The number of nitrogens with two attached hydrogens (primary N) is 1. The molecule has 0 amide bonds. The van der Waals surface area contributed by atoms with Crippen LogP contribution < -0.4 is 10.6 Å². The first-order valence-corrected chi connectivity index (χ1v) is 5.86. The monoisotopic (exact) mass is 261 g/mol. The van der Waals surface area contributed by atoms with Gasteiger partial charge in [0.2, 0.25) is 0 Å². The lowest BCUT2D eigenvalue weighted by Crippen LogP contribution is -2.35. The zero-order valence-corrected chi connectivity index (χ0v) is 10.5. The molecule has 1 aromatic heterocycles. The number of anilines is 1. The Hall–Kier alpha value is -1.30. The summed E-state index contributed by atoms with van der Waals surface area (Å²) in [7, 11) is 0. The number of alkyl halides is 3. The van der Waals surface area contributed by atoms with E-state index in [0.717, 1.165) is 5.56 Å². The highest BCUT2D eigenvalue weighted by Gasteiger charge is 2.31. The Labute approximate surface area is 105 Å². The summed E-state index contributed by atoms with van der Waals surface area (Å²) in [5, 5.41) is 0. The van der Waals surface area contributed by atoms with E-state index in [4.69, 9.17) is 5.73 Å². The van der Waals surface area contributed by atoms with Crippen molar-refractivity contribution in [2.45, 2.75) is 32.5 Å². The van der Waals surface area contributed by atoms with E-state index < -0.39 is 12.7 Å². The van der Waals surface area contributed by atoms with Gasteiger partial charge in [-0.3, -0.25) is 0 Å². The summed E-state index contributed by atoms with van der Waals surface area (Å²) in [6, 6.07) is 3.13. The number of hydrogen-bond acceptors (Lipinski definition) is 3. The molecular formula is C12H18F3N3. The standard InChI is InChI=1S/C12H18F3N3/c1-3-6-18(8-12(13,14)15)11-5-4-10(7-17-11)9(2)16/h4-5,7,9H,3,6,8,16H2,1-2H3/t9-/m0/s1. The number of nitrogens with zero attached hydrogens (tertiary/aromatic N) is 2. The highest BCUT2D eigenvalue weighted by atomic mass is 19.4. The molecule has 3 nitrogen and oxygen atoms in total. The number of halogens is 3. The second-order valence-electron chi connectivity index (χ2n) is 4.28. The van der Waals surface area contributed by atoms with Crippen molar-refractivity contribution in [3.05, 3.63) is 23.9 Å². The van der Waals surface area contributed by atoms with Crippen LogP contribution in [0.5, 0.6) is 0 Å². The first kappa shape index (κ1) is 14.8. The summed E-state index contributed by atoms with van der Waals surface area (Å²) in [6.45, 7) is 2.98. The van der Waals surface area contributed by atoms with Crippen molar-refractivity contribution in [1.29, 1.82) is 0 Å². The average Bonchev–Trinajstić information content (AvgIpc) is 2.27. The third kappa shape index (κ3) is 4.52. The van der Waals surface area contributed by atoms with Crippen LogP contribution in [0.2, 0.25) is 0 Å². The molecule has 0 unspecified atom stereocenters. The Bertz CT molecular complexity index is 360. The number of hydrogen-bond donors (Lipinski definition) is 1. The van der Waals surface area contributed by atoms with Crippen molar-refractivity contribution in [1.82, 2.24) is 4.98 Å². The SMILES string of the molecule is CCCN(CC(F)(F)F)c1ccc([C@H](C)N)cn1. The van der Waals surface area contributed by atoms with Crippen LogP contribution in [0.4, 0.5) is 19.0 Å². The Balaban J connectivity index is 2.85. The summed E-state index contributed by atoms with van der Waals surface area (Å²) < 4.78 is 37.3. The summed E-state index contributed by atoms with van der Waals surface area (Å²) in [5.41, 5.74) is 6.47. The second-order valence-corrected chi connectivity index (χ2v) is 4.28. The summed E-state index contributed by atoms with van der Waals surface area (Å²) >= 11 is 0. The van der Waals surface area contributed by atoms with E-state index in [9.17, 15) is 13.2 Å². The van der Waals surface area contributed by atoms with E-state index in [0.29, 0.717) is 18.8 Å². The van der Waals surface area contributed by atoms with Gasteiger partial charge in [0.25, 0.3) is 0 Å². The van der Waals surface area contributed by atoms with Crippen LogP contribution in [-0.4, -0.2) is 24.2 Å². The number of rotatable bonds is 5. The highest BCUT2D eigenvalue weighted by molar-refractivity contribution is 5.40. The van der Waals surface area contributed by atoms with Gasteiger partial charge in [0.05, 0.1) is 0 Å². The predicted molar refractivity (Wildman–Crippen MR) is 65.4 cm³/mol. The normalized spacial score (nSPS) is 13.4. The lowest BCUT2D eigenvalue weighted by Gasteiger charge is -2.24. The van der Waals surface area contributed by atoms with Crippen molar-refractivity contribution in [2.75, 3.05) is 18.0 Å². The molecule has 0 aromatic carbocycles. The lowest BCUT2D eigenvalue weighted by atomic mass is 10.1. The molecule has 0 aliphatic heterocycles. The molecule has 1 heterocycles. The summed E-state index contributed by atoms with van der Waals surface area (Å²) in [5.74, 6) is 0.332. The van der Waals surface area contributed by atoms with Crippen LogP contribution >= 0.6 is 0 Å². The lowest BCUT2D eigenvalue weighted by molar-refractivity contribution is -0.119. The molecule has 0 saturated heterocycles. The van der Waals surface area contributed by atoms with Gasteiger partial charge in [-0.25, -0.2) is 4.98 Å². The third-order valence-corrected chi connectivity index (χ3v) is 2.48. The smallest absolute Gasteiger partial charge is 0.348 e. The summed E-state index contributed by atoms with van der Waals surface area (Å²) in [4.78, 5) is 5.28. The van der Waals surface area contributed by atoms with Crippen LogP contribution in [0.25, 0.3) is 0 Å². The van der Waals surface area contributed by atoms with Gasteiger partial charge < -0.3 is 10.6 Å². The molecule has 0 saturated carbocycles. The van der Waals surface area contributed by atoms with Gasteiger partial charge in [-0.2, -0.15) is 13.2 Å². The Morgan fingerprint density at radius 3 is 2.44 bits per heavy atom. The third-order valence-electron chi connectivity index (χ3n) is 2.48. The Morgan fingerprint density at radius 1 is 1.39 bits per heavy atom. The molecule has 0 aliphatic rings. The molecule has 0 fully saturated rings. The van der Waals surface area contributed by atoms with Crippen molar-refractivity contribution in [3.63, 3.8) is 0 Å². The van der Waals surface area contributed by atoms with Gasteiger partial charge in [0.15, 0.2) is 0 Å². The fraction of sp³-hybridized carbons (Fsp3) is 0.583. The van der Waals surface area contributed by atoms with Gasteiger partial charge in [-0.1, -0.05) is 13.0 Å². The molecule has 102 valence electrons. The van der Waals surface area contributed by atoms with Crippen LogP contribution in [0.3, 0.4) is 0 Å². The Kier molecular flexibility index (Phi) is 4.95. The molecule has 18 heavy (non-hydrogen) atoms. The molecular weight excluding hydrogens is 243 g/mol. The van der Waals surface area contributed by atoms with Gasteiger partial charge in [-0.05, 0) is 25.0 Å². The molecule has 0 bridgehead atoms. The van der Waals surface area contributed by atoms with Crippen molar-refractivity contribution in [3.8, 4) is 0 Å². The van der Waals surface area contributed by atoms with Gasteiger partial charge >= 0.3 is 6.18 Å². The molecule has 0 aliphatic carbocycles. The molecule has 1 aromatic rings. The van der Waals surface area contributed by atoms with E-state index in [-0.39, 0.29) is 6.04 Å². The maximum absolute atomic E-state index is 12.4. The van der Waals surface area contributed by atoms with E-state index in [1.807, 2.05) is 6.92 Å². The van der Waals surface area contributed by atoms with E-state index in [1.165, 1.54) is 11.1 Å². The van der Waals surface area contributed by atoms with Crippen LogP contribution in [0.1, 0.15) is 31.9 Å². The van der Waals surface area contributed by atoms with Crippen LogP contribution in [-0.2, 0) is 0 Å². The maximum Gasteiger partial charge on any atom is 0.405 e. The van der Waals surface area contributed by atoms with Gasteiger partial charge in [0.1, 0.15) is 12.4 Å². The van der Waals surface area contributed by atoms with Crippen molar-refractivity contribution >= 4 is 5.82 Å². The molecule has 2 N–H and O–H groups in total. The topological polar surface area (TPSA) is 42.1 Å². The minimum Gasteiger partial charge on any atom is -0.348 e. The first-order valence-electron chi connectivity index (χ1n) is 5.86. The number of pyridine rings is 1. The Morgan fingerprint density at radius 2 is 2.06 bits per heavy atom. The zero-order valence-electron chi connectivity index (χ0n) is 10.5. The van der Waals surface area contributed by atoms with E-state index in [2.05, 4.69) is 4.98 Å². The fourth-order valence-electron chi connectivity index (χ4n) is 1.61. The van der Waals surface area contributed by atoms with E-state index >= 15 is 0 Å². The highest BCUT2D eigenvalue weighted by Crippen LogP contribution is 2.21. The van der Waals surface area contributed by atoms with Crippen molar-refractivity contribution in [2.24, 2.45) is 5.73 Å². The van der Waals surface area contributed by atoms with E-state index in [1.54, 1.807) is 19.1 Å². The molecule has 1 rings (SSSR count). The van der Waals surface area contributed by atoms with Gasteiger partial charge in [-0.15, -0.1) is 0 Å². The quantitative estimate of drug-likeness (QED) is 0.886. The molecule has 0 radical (unpaired) electrons. The molecule has 0 spiro atoms. The van der Waals surface area contributed by atoms with Crippen LogP contribution in [0, 0.1) is 0 Å². The van der Waals surface area contributed by atoms with Crippen LogP contribution in [0.15, 0.2) is 18.3 Å². The van der Waals surface area contributed by atoms with Gasteiger partial charge in [0, 0.05) is 18.8 Å². The second kappa shape index (κ2) is 6.04. The fourth-order valence-corrected chi connectivity index (χ4v) is 1.61. The molecule has 6 heteroatoms. The number of aromatic nitrogens is 1. The first-order chi connectivity index (χ1) is 8.33.